The molecule has 5 nitrogen and oxygen atoms in total. The van der Waals surface area contributed by atoms with Crippen molar-refractivity contribution in [3.63, 3.8) is 0 Å². The Labute approximate surface area is 88.4 Å². The van der Waals surface area contributed by atoms with Crippen LogP contribution in [-0.4, -0.2) is 10.3 Å². The van der Waals surface area contributed by atoms with E-state index in [1.54, 1.807) is 17.5 Å². The van der Waals surface area contributed by atoms with Gasteiger partial charge in [-0.05, 0) is 6.92 Å². The molecule has 0 aliphatic rings. The first kappa shape index (κ1) is 8.49. The maximum Gasteiger partial charge on any atom is 0.201 e. The monoisotopic (exact) mass is 221 g/mol. The minimum absolute atomic E-state index is 0.647. The molecule has 0 saturated heterocycles. The maximum absolute atomic E-state index is 5.84. The molecule has 76 valence electrons. The van der Waals surface area contributed by atoms with Crippen molar-refractivity contribution in [3.05, 3.63) is 17.3 Å². The van der Waals surface area contributed by atoms with Crippen LogP contribution in [-0.2, 0) is 0 Å². The average molecular weight is 221 g/mol. The smallest absolute Gasteiger partial charge is 0.201 e. The van der Waals surface area contributed by atoms with Gasteiger partial charge in [0.15, 0.2) is 0 Å². The number of anilines is 1. The van der Waals surface area contributed by atoms with Crippen LogP contribution in [0.1, 0.15) is 4.88 Å². The van der Waals surface area contributed by atoms with E-state index in [1.807, 2.05) is 6.92 Å². The SMILES string of the molecule is Cc1sc2c(-c3cnoc3)noc2c1N. The van der Waals surface area contributed by atoms with Gasteiger partial charge >= 0.3 is 0 Å². The fraction of sp³-hybridized carbons (Fsp3) is 0.111. The third-order valence-corrected chi connectivity index (χ3v) is 3.34. The van der Waals surface area contributed by atoms with Gasteiger partial charge in [-0.1, -0.05) is 10.3 Å². The Kier molecular flexibility index (Phi) is 1.60. The van der Waals surface area contributed by atoms with Gasteiger partial charge in [-0.2, -0.15) is 0 Å². The van der Waals surface area contributed by atoms with Crippen molar-refractivity contribution in [1.29, 1.82) is 0 Å². The van der Waals surface area contributed by atoms with Crippen molar-refractivity contribution in [2.75, 3.05) is 5.73 Å². The number of thiophene rings is 1. The van der Waals surface area contributed by atoms with Gasteiger partial charge in [0.05, 0.1) is 17.4 Å². The number of nitrogen functional groups attached to an aromatic ring is 1. The Bertz CT molecular complexity index is 609. The van der Waals surface area contributed by atoms with Gasteiger partial charge in [0, 0.05) is 4.88 Å². The zero-order valence-corrected chi connectivity index (χ0v) is 8.67. The van der Waals surface area contributed by atoms with Crippen molar-refractivity contribution in [2.45, 2.75) is 6.92 Å². The van der Waals surface area contributed by atoms with E-state index in [-0.39, 0.29) is 0 Å². The van der Waals surface area contributed by atoms with Gasteiger partial charge < -0.3 is 14.8 Å². The summed E-state index contributed by atoms with van der Waals surface area (Å²) in [6.07, 6.45) is 3.13. The standard InChI is InChI=1S/C9H7N3O2S/c1-4-6(10)8-9(15-4)7(12-14-8)5-2-11-13-3-5/h2-3H,10H2,1H3. The van der Waals surface area contributed by atoms with Gasteiger partial charge in [-0.15, -0.1) is 11.3 Å². The molecule has 0 unspecified atom stereocenters. The number of nitrogens with zero attached hydrogens (tertiary/aromatic N) is 2. The topological polar surface area (TPSA) is 78.1 Å². The van der Waals surface area contributed by atoms with Gasteiger partial charge in [0.2, 0.25) is 5.58 Å². The lowest BCUT2D eigenvalue weighted by atomic mass is 10.2. The lowest BCUT2D eigenvalue weighted by Crippen LogP contribution is -1.81. The number of rotatable bonds is 1. The molecule has 3 rings (SSSR count). The Morgan fingerprint density at radius 1 is 1.47 bits per heavy atom. The van der Waals surface area contributed by atoms with Crippen LogP contribution in [0.15, 0.2) is 21.5 Å². The quantitative estimate of drug-likeness (QED) is 0.682. The molecular weight excluding hydrogens is 214 g/mol. The normalized spacial score (nSPS) is 11.3. The van der Waals surface area contributed by atoms with Crippen molar-refractivity contribution in [1.82, 2.24) is 10.3 Å². The molecule has 0 aromatic carbocycles. The minimum Gasteiger partial charge on any atom is -0.395 e. The van der Waals surface area contributed by atoms with Crippen LogP contribution in [0.2, 0.25) is 0 Å². The predicted molar refractivity (Wildman–Crippen MR) is 56.5 cm³/mol. The van der Waals surface area contributed by atoms with Gasteiger partial charge in [0.25, 0.3) is 0 Å². The average Bonchev–Trinajstić information content (AvgIpc) is 2.87. The zero-order valence-electron chi connectivity index (χ0n) is 7.85. The summed E-state index contributed by atoms with van der Waals surface area (Å²) in [5.74, 6) is 0. The summed E-state index contributed by atoms with van der Waals surface area (Å²) in [5, 5.41) is 7.59. The van der Waals surface area contributed by atoms with E-state index in [0.717, 1.165) is 20.8 Å². The molecule has 6 heteroatoms. The van der Waals surface area contributed by atoms with Crippen LogP contribution < -0.4 is 5.73 Å². The van der Waals surface area contributed by atoms with E-state index >= 15 is 0 Å². The molecule has 3 aromatic rings. The number of nitrogens with two attached hydrogens (primary N) is 1. The van der Waals surface area contributed by atoms with Crippen molar-refractivity contribution >= 4 is 27.3 Å². The molecule has 0 atom stereocenters. The summed E-state index contributed by atoms with van der Waals surface area (Å²) in [4.78, 5) is 1.03. The summed E-state index contributed by atoms with van der Waals surface area (Å²) < 4.78 is 10.9. The van der Waals surface area contributed by atoms with Crippen LogP contribution in [0.25, 0.3) is 21.5 Å². The highest BCUT2D eigenvalue weighted by molar-refractivity contribution is 7.20. The molecule has 3 aromatic heterocycles. The van der Waals surface area contributed by atoms with E-state index in [9.17, 15) is 0 Å². The highest BCUT2D eigenvalue weighted by Crippen LogP contribution is 2.38. The molecule has 0 saturated carbocycles. The van der Waals surface area contributed by atoms with Crippen LogP contribution in [0.5, 0.6) is 0 Å². The first-order valence-electron chi connectivity index (χ1n) is 4.31. The first-order chi connectivity index (χ1) is 7.27. The summed E-state index contributed by atoms with van der Waals surface area (Å²) in [6, 6.07) is 0. The van der Waals surface area contributed by atoms with Crippen LogP contribution >= 0.6 is 11.3 Å². The van der Waals surface area contributed by atoms with Crippen LogP contribution in [0, 0.1) is 6.92 Å². The molecular formula is C9H7N3O2S. The van der Waals surface area contributed by atoms with Crippen LogP contribution in [0.4, 0.5) is 5.69 Å². The predicted octanol–water partition coefficient (Wildman–Crippen LogP) is 2.43. The van der Waals surface area contributed by atoms with Crippen molar-refractivity contribution in [2.24, 2.45) is 0 Å². The summed E-state index contributed by atoms with van der Waals surface area (Å²) in [6.45, 7) is 1.95. The Morgan fingerprint density at radius 3 is 3.07 bits per heavy atom. The van der Waals surface area contributed by atoms with E-state index in [0.29, 0.717) is 11.3 Å². The number of aryl methyl sites for hydroxylation is 1. The van der Waals surface area contributed by atoms with E-state index in [4.69, 9.17) is 14.8 Å². The van der Waals surface area contributed by atoms with Gasteiger partial charge in [-0.3, -0.25) is 0 Å². The molecule has 0 radical (unpaired) electrons. The molecule has 0 aliphatic carbocycles. The molecule has 0 amide bonds. The summed E-state index contributed by atoms with van der Waals surface area (Å²) >= 11 is 1.56. The second-order valence-electron chi connectivity index (χ2n) is 3.17. The molecule has 3 heterocycles. The molecule has 0 bridgehead atoms. The number of hydrogen-bond donors (Lipinski definition) is 1. The first-order valence-corrected chi connectivity index (χ1v) is 5.13. The van der Waals surface area contributed by atoms with Crippen molar-refractivity contribution in [3.8, 4) is 11.3 Å². The van der Waals surface area contributed by atoms with Gasteiger partial charge in [-0.25, -0.2) is 0 Å². The fourth-order valence-electron chi connectivity index (χ4n) is 1.42. The summed E-state index contributed by atoms with van der Waals surface area (Å²) in [5.41, 5.74) is 8.68. The number of hydrogen-bond acceptors (Lipinski definition) is 6. The Balaban J connectivity index is 2.33. The number of aromatic nitrogens is 2. The second-order valence-corrected chi connectivity index (χ2v) is 4.40. The van der Waals surface area contributed by atoms with Gasteiger partial charge in [0.1, 0.15) is 16.7 Å². The lowest BCUT2D eigenvalue weighted by molar-refractivity contribution is 0.420. The molecule has 0 fully saturated rings. The molecule has 0 spiro atoms. The minimum atomic E-state index is 0.647. The maximum atomic E-state index is 5.84. The third kappa shape index (κ3) is 1.08. The zero-order chi connectivity index (χ0) is 10.4. The molecule has 2 N–H and O–H groups in total. The Hall–Kier alpha value is -1.82. The fourth-order valence-corrected chi connectivity index (χ4v) is 2.42. The molecule has 0 aliphatic heterocycles. The highest BCUT2D eigenvalue weighted by atomic mass is 32.1. The highest BCUT2D eigenvalue weighted by Gasteiger charge is 2.18. The van der Waals surface area contributed by atoms with E-state index in [2.05, 4.69) is 10.3 Å². The van der Waals surface area contributed by atoms with Crippen LogP contribution in [0.3, 0.4) is 0 Å². The Morgan fingerprint density at radius 2 is 2.33 bits per heavy atom. The molecule has 15 heavy (non-hydrogen) atoms. The third-order valence-electron chi connectivity index (χ3n) is 2.23. The van der Waals surface area contributed by atoms with E-state index < -0.39 is 0 Å². The number of fused-ring (bicyclic) bond motifs is 1. The lowest BCUT2D eigenvalue weighted by Gasteiger charge is -1.85. The van der Waals surface area contributed by atoms with Crippen molar-refractivity contribution < 1.29 is 9.05 Å². The largest absolute Gasteiger partial charge is 0.395 e. The van der Waals surface area contributed by atoms with E-state index in [1.165, 1.54) is 6.26 Å². The second kappa shape index (κ2) is 2.83. The summed E-state index contributed by atoms with van der Waals surface area (Å²) in [7, 11) is 0.